The topological polar surface area (TPSA) is 66.5 Å². The van der Waals surface area contributed by atoms with Crippen LogP contribution in [0.15, 0.2) is 47.4 Å². The smallest absolute Gasteiger partial charge is 0.251 e. The molecule has 0 bridgehead atoms. The molecule has 1 heterocycles. The third kappa shape index (κ3) is 4.60. The fraction of sp³-hybridized carbons (Fsp3) is 0.458. The molecule has 0 saturated carbocycles. The molecular formula is C24H30N2O3S. The predicted molar refractivity (Wildman–Crippen MR) is 118 cm³/mol. The van der Waals surface area contributed by atoms with Gasteiger partial charge in [-0.1, -0.05) is 23.8 Å². The molecule has 1 aliphatic heterocycles. The van der Waals surface area contributed by atoms with E-state index in [-0.39, 0.29) is 11.8 Å². The molecule has 1 unspecified atom stereocenters. The Morgan fingerprint density at radius 2 is 1.77 bits per heavy atom. The van der Waals surface area contributed by atoms with Crippen LogP contribution in [0.5, 0.6) is 0 Å². The van der Waals surface area contributed by atoms with Gasteiger partial charge in [-0.25, -0.2) is 8.42 Å². The number of aryl methyl sites for hydroxylation is 3. The summed E-state index contributed by atoms with van der Waals surface area (Å²) in [6.07, 6.45) is 6.05. The second-order valence-corrected chi connectivity index (χ2v) is 10.5. The van der Waals surface area contributed by atoms with E-state index in [2.05, 4.69) is 5.32 Å². The van der Waals surface area contributed by atoms with Gasteiger partial charge in [0.2, 0.25) is 10.0 Å². The molecule has 160 valence electrons. The van der Waals surface area contributed by atoms with E-state index in [1.807, 2.05) is 43.3 Å². The number of hydrogen-bond donors (Lipinski definition) is 1. The molecule has 1 saturated heterocycles. The summed E-state index contributed by atoms with van der Waals surface area (Å²) in [5.41, 5.74) is 4.22. The van der Waals surface area contributed by atoms with E-state index < -0.39 is 10.0 Å². The quantitative estimate of drug-likeness (QED) is 0.793. The van der Waals surface area contributed by atoms with Crippen molar-refractivity contribution in [1.29, 1.82) is 0 Å². The van der Waals surface area contributed by atoms with Crippen LogP contribution in [0.25, 0.3) is 0 Å². The van der Waals surface area contributed by atoms with Gasteiger partial charge in [0.1, 0.15) is 0 Å². The van der Waals surface area contributed by atoms with Crippen molar-refractivity contribution in [3.05, 3.63) is 64.7 Å². The van der Waals surface area contributed by atoms with Crippen molar-refractivity contribution in [2.24, 2.45) is 5.92 Å². The number of amides is 1. The normalized spacial score (nSPS) is 19.8. The summed E-state index contributed by atoms with van der Waals surface area (Å²) in [5, 5.41) is 2.98. The Morgan fingerprint density at radius 3 is 2.53 bits per heavy atom. The fourth-order valence-corrected chi connectivity index (χ4v) is 6.08. The number of benzene rings is 2. The molecule has 1 fully saturated rings. The standard InChI is InChI=1S/C24H30N2O3S/c1-18-8-10-21(11-9-18)24(27)25-16-19-5-4-14-26(17-19)30(28,29)23-13-12-20-6-2-3-7-22(20)15-23/h8-13,15,19H,2-7,14,16-17H2,1H3,(H,25,27). The molecule has 1 atom stereocenters. The monoisotopic (exact) mass is 426 g/mol. The Bertz CT molecular complexity index is 1020. The van der Waals surface area contributed by atoms with Crippen LogP contribution in [0.3, 0.4) is 0 Å². The zero-order valence-corrected chi connectivity index (χ0v) is 18.4. The van der Waals surface area contributed by atoms with Crippen LogP contribution in [0, 0.1) is 12.8 Å². The van der Waals surface area contributed by atoms with Gasteiger partial charge in [-0.15, -0.1) is 0 Å². The molecule has 2 aromatic rings. The summed E-state index contributed by atoms with van der Waals surface area (Å²) in [6.45, 7) is 3.47. The first kappa shape index (κ1) is 21.1. The number of piperidine rings is 1. The van der Waals surface area contributed by atoms with Crippen molar-refractivity contribution >= 4 is 15.9 Å². The summed E-state index contributed by atoms with van der Waals surface area (Å²) in [7, 11) is -3.50. The lowest BCUT2D eigenvalue weighted by atomic mass is 9.92. The van der Waals surface area contributed by atoms with E-state index in [1.54, 1.807) is 10.4 Å². The highest BCUT2D eigenvalue weighted by Crippen LogP contribution is 2.28. The molecule has 2 aromatic carbocycles. The molecule has 2 aliphatic rings. The van der Waals surface area contributed by atoms with Gasteiger partial charge in [0.05, 0.1) is 4.90 Å². The lowest BCUT2D eigenvalue weighted by Crippen LogP contribution is -2.43. The third-order valence-electron chi connectivity index (χ3n) is 6.30. The van der Waals surface area contributed by atoms with E-state index >= 15 is 0 Å². The summed E-state index contributed by atoms with van der Waals surface area (Å²) < 4.78 is 28.1. The van der Waals surface area contributed by atoms with Crippen molar-refractivity contribution in [1.82, 2.24) is 9.62 Å². The van der Waals surface area contributed by atoms with Crippen LogP contribution in [0.2, 0.25) is 0 Å². The van der Waals surface area contributed by atoms with Gasteiger partial charge in [0.25, 0.3) is 5.91 Å². The third-order valence-corrected chi connectivity index (χ3v) is 8.17. The maximum atomic E-state index is 13.2. The van der Waals surface area contributed by atoms with Crippen molar-refractivity contribution in [3.8, 4) is 0 Å². The molecule has 5 nitrogen and oxygen atoms in total. The Morgan fingerprint density at radius 1 is 1.03 bits per heavy atom. The number of carbonyl (C=O) groups excluding carboxylic acids is 1. The first-order valence-corrected chi connectivity index (χ1v) is 12.3. The molecule has 4 rings (SSSR count). The highest BCUT2D eigenvalue weighted by atomic mass is 32.2. The largest absolute Gasteiger partial charge is 0.352 e. The summed E-state index contributed by atoms with van der Waals surface area (Å²) >= 11 is 0. The van der Waals surface area contributed by atoms with Crippen LogP contribution >= 0.6 is 0 Å². The Balaban J connectivity index is 1.40. The van der Waals surface area contributed by atoms with Crippen LogP contribution < -0.4 is 5.32 Å². The highest BCUT2D eigenvalue weighted by Gasteiger charge is 2.31. The average molecular weight is 427 g/mol. The Kier molecular flexibility index (Phi) is 6.25. The van der Waals surface area contributed by atoms with E-state index in [0.29, 0.717) is 30.1 Å². The molecule has 0 radical (unpaired) electrons. The van der Waals surface area contributed by atoms with Crippen LogP contribution in [0.4, 0.5) is 0 Å². The van der Waals surface area contributed by atoms with Crippen molar-refractivity contribution < 1.29 is 13.2 Å². The molecule has 1 amide bonds. The SMILES string of the molecule is Cc1ccc(C(=O)NCC2CCCN(S(=O)(=O)c3ccc4c(c3)CCCC4)C2)cc1. The van der Waals surface area contributed by atoms with Gasteiger partial charge in [-0.05, 0) is 86.8 Å². The number of hydrogen-bond acceptors (Lipinski definition) is 3. The zero-order valence-electron chi connectivity index (χ0n) is 17.6. The molecule has 6 heteroatoms. The average Bonchev–Trinajstić information content (AvgIpc) is 2.78. The summed E-state index contributed by atoms with van der Waals surface area (Å²) in [5.74, 6) is 0.0187. The fourth-order valence-electron chi connectivity index (χ4n) is 4.48. The predicted octanol–water partition coefficient (Wildman–Crippen LogP) is 3.70. The second kappa shape index (κ2) is 8.90. The Hall–Kier alpha value is -2.18. The number of sulfonamides is 1. The van der Waals surface area contributed by atoms with E-state index in [9.17, 15) is 13.2 Å². The van der Waals surface area contributed by atoms with E-state index in [4.69, 9.17) is 0 Å². The second-order valence-electron chi connectivity index (χ2n) is 8.58. The van der Waals surface area contributed by atoms with Gasteiger partial charge in [-0.3, -0.25) is 4.79 Å². The summed E-state index contributed by atoms with van der Waals surface area (Å²) in [4.78, 5) is 12.8. The lowest BCUT2D eigenvalue weighted by Gasteiger charge is -2.32. The minimum atomic E-state index is -3.50. The Labute approximate surface area is 179 Å². The first-order valence-electron chi connectivity index (χ1n) is 10.9. The lowest BCUT2D eigenvalue weighted by molar-refractivity contribution is 0.0941. The minimum Gasteiger partial charge on any atom is -0.352 e. The number of fused-ring (bicyclic) bond motifs is 1. The molecule has 0 aromatic heterocycles. The highest BCUT2D eigenvalue weighted by molar-refractivity contribution is 7.89. The molecular weight excluding hydrogens is 396 g/mol. The van der Waals surface area contributed by atoms with Gasteiger partial charge in [0, 0.05) is 25.2 Å². The minimum absolute atomic E-state index is 0.107. The van der Waals surface area contributed by atoms with Gasteiger partial charge in [-0.2, -0.15) is 4.31 Å². The van der Waals surface area contributed by atoms with Gasteiger partial charge in [0.15, 0.2) is 0 Å². The van der Waals surface area contributed by atoms with Crippen molar-refractivity contribution in [3.63, 3.8) is 0 Å². The zero-order chi connectivity index (χ0) is 21.1. The molecule has 1 aliphatic carbocycles. The molecule has 30 heavy (non-hydrogen) atoms. The number of carbonyl (C=O) groups is 1. The van der Waals surface area contributed by atoms with Crippen molar-refractivity contribution in [2.45, 2.75) is 50.3 Å². The van der Waals surface area contributed by atoms with Crippen molar-refractivity contribution in [2.75, 3.05) is 19.6 Å². The summed E-state index contributed by atoms with van der Waals surface area (Å²) in [6, 6.07) is 13.1. The van der Waals surface area contributed by atoms with E-state index in [0.717, 1.165) is 37.7 Å². The maximum Gasteiger partial charge on any atom is 0.251 e. The number of nitrogens with one attached hydrogen (secondary N) is 1. The van der Waals surface area contributed by atoms with Crippen LogP contribution in [-0.4, -0.2) is 38.3 Å². The number of nitrogens with zero attached hydrogens (tertiary/aromatic N) is 1. The maximum absolute atomic E-state index is 13.2. The first-order chi connectivity index (χ1) is 14.4. The van der Waals surface area contributed by atoms with E-state index in [1.165, 1.54) is 17.5 Å². The molecule has 0 spiro atoms. The van der Waals surface area contributed by atoms with Gasteiger partial charge < -0.3 is 5.32 Å². The van der Waals surface area contributed by atoms with Gasteiger partial charge >= 0.3 is 0 Å². The van der Waals surface area contributed by atoms with Crippen LogP contribution in [0.1, 0.15) is 52.7 Å². The number of rotatable bonds is 5. The van der Waals surface area contributed by atoms with Crippen LogP contribution in [-0.2, 0) is 22.9 Å². The molecule has 1 N–H and O–H groups in total.